The number of hydrogen-bond donors (Lipinski definition) is 1. The Labute approximate surface area is 90.5 Å². The standard InChI is InChI=1S/C13H17NO/c1-14-7-6-10-8-11(4-5-12(10)14)13(15)9-2-3-9/h4-5,8-9,13,15H,2-3,6-7H2,1H3. The molecule has 1 aliphatic carbocycles. The molecule has 1 fully saturated rings. The van der Waals surface area contributed by atoms with Crippen LogP contribution in [0.1, 0.15) is 30.1 Å². The van der Waals surface area contributed by atoms with Crippen molar-refractivity contribution in [1.82, 2.24) is 0 Å². The summed E-state index contributed by atoms with van der Waals surface area (Å²) < 4.78 is 0. The van der Waals surface area contributed by atoms with Crippen LogP contribution in [0.4, 0.5) is 5.69 Å². The van der Waals surface area contributed by atoms with E-state index >= 15 is 0 Å². The number of aliphatic hydroxyl groups is 1. The summed E-state index contributed by atoms with van der Waals surface area (Å²) in [6, 6.07) is 6.44. The third-order valence-electron chi connectivity index (χ3n) is 3.64. The van der Waals surface area contributed by atoms with E-state index in [0.29, 0.717) is 5.92 Å². The highest BCUT2D eigenvalue weighted by Gasteiger charge is 2.31. The van der Waals surface area contributed by atoms with Gasteiger partial charge in [-0.3, -0.25) is 0 Å². The van der Waals surface area contributed by atoms with E-state index in [1.165, 1.54) is 24.1 Å². The molecule has 80 valence electrons. The highest BCUT2D eigenvalue weighted by atomic mass is 16.3. The molecule has 0 amide bonds. The highest BCUT2D eigenvalue weighted by Crippen LogP contribution is 2.42. The Morgan fingerprint density at radius 3 is 2.93 bits per heavy atom. The lowest BCUT2D eigenvalue weighted by molar-refractivity contribution is 0.154. The van der Waals surface area contributed by atoms with Crippen molar-refractivity contribution in [1.29, 1.82) is 0 Å². The molecule has 1 N–H and O–H groups in total. The predicted octanol–water partition coefficient (Wildman–Crippen LogP) is 2.12. The molecule has 3 rings (SSSR count). The lowest BCUT2D eigenvalue weighted by Crippen LogP contribution is -2.12. The third kappa shape index (κ3) is 1.53. The van der Waals surface area contributed by atoms with E-state index in [9.17, 15) is 5.11 Å². The van der Waals surface area contributed by atoms with Gasteiger partial charge in [-0.2, -0.15) is 0 Å². The lowest BCUT2D eigenvalue weighted by Gasteiger charge is -2.14. The van der Waals surface area contributed by atoms with Gasteiger partial charge >= 0.3 is 0 Å². The van der Waals surface area contributed by atoms with Crippen LogP contribution in [0.15, 0.2) is 18.2 Å². The Morgan fingerprint density at radius 1 is 1.40 bits per heavy atom. The molecular weight excluding hydrogens is 186 g/mol. The maximum Gasteiger partial charge on any atom is 0.0818 e. The van der Waals surface area contributed by atoms with Crippen LogP contribution in [-0.4, -0.2) is 18.7 Å². The molecule has 1 atom stereocenters. The monoisotopic (exact) mass is 203 g/mol. The molecule has 1 saturated carbocycles. The molecule has 1 aliphatic heterocycles. The molecule has 0 aromatic heterocycles. The first-order valence-electron chi connectivity index (χ1n) is 5.78. The normalized spacial score (nSPS) is 21.6. The van der Waals surface area contributed by atoms with Gasteiger partial charge in [0, 0.05) is 19.3 Å². The summed E-state index contributed by atoms with van der Waals surface area (Å²) in [5.74, 6) is 0.530. The molecule has 0 bridgehead atoms. The summed E-state index contributed by atoms with van der Waals surface area (Å²) in [6.07, 6.45) is 3.29. The average molecular weight is 203 g/mol. The Hall–Kier alpha value is -1.02. The third-order valence-corrected chi connectivity index (χ3v) is 3.64. The number of benzene rings is 1. The highest BCUT2D eigenvalue weighted by molar-refractivity contribution is 5.58. The fourth-order valence-electron chi connectivity index (χ4n) is 2.45. The van der Waals surface area contributed by atoms with Gasteiger partial charge in [-0.15, -0.1) is 0 Å². The summed E-state index contributed by atoms with van der Waals surface area (Å²) >= 11 is 0. The van der Waals surface area contributed by atoms with Crippen LogP contribution in [0.25, 0.3) is 0 Å². The Kier molecular flexibility index (Phi) is 1.99. The minimum atomic E-state index is -0.221. The molecule has 2 heteroatoms. The lowest BCUT2D eigenvalue weighted by atomic mass is 10.0. The van der Waals surface area contributed by atoms with Crippen molar-refractivity contribution in [2.24, 2.45) is 5.92 Å². The van der Waals surface area contributed by atoms with Gasteiger partial charge in [-0.1, -0.05) is 12.1 Å². The second kappa shape index (κ2) is 3.24. The fraction of sp³-hybridized carbons (Fsp3) is 0.538. The van der Waals surface area contributed by atoms with Crippen molar-refractivity contribution >= 4 is 5.69 Å². The molecule has 1 heterocycles. The van der Waals surface area contributed by atoms with Crippen LogP contribution >= 0.6 is 0 Å². The van der Waals surface area contributed by atoms with Crippen LogP contribution < -0.4 is 4.90 Å². The van der Waals surface area contributed by atoms with Gasteiger partial charge < -0.3 is 10.0 Å². The number of fused-ring (bicyclic) bond motifs is 1. The summed E-state index contributed by atoms with van der Waals surface area (Å²) in [5, 5.41) is 10.0. The number of rotatable bonds is 2. The molecule has 1 aromatic rings. The molecule has 2 nitrogen and oxygen atoms in total. The minimum absolute atomic E-state index is 0.221. The molecule has 2 aliphatic rings. The van der Waals surface area contributed by atoms with E-state index in [1.807, 2.05) is 0 Å². The van der Waals surface area contributed by atoms with Crippen molar-refractivity contribution in [3.63, 3.8) is 0 Å². The molecular formula is C13H17NO. The maximum atomic E-state index is 10.0. The largest absolute Gasteiger partial charge is 0.388 e. The Bertz CT molecular complexity index is 384. The van der Waals surface area contributed by atoms with Crippen LogP contribution in [0.5, 0.6) is 0 Å². The zero-order valence-electron chi connectivity index (χ0n) is 9.11. The summed E-state index contributed by atoms with van der Waals surface area (Å²) in [7, 11) is 2.13. The van der Waals surface area contributed by atoms with Crippen molar-refractivity contribution in [3.8, 4) is 0 Å². The van der Waals surface area contributed by atoms with E-state index in [1.54, 1.807) is 0 Å². The second-order valence-corrected chi connectivity index (χ2v) is 4.84. The molecule has 1 unspecified atom stereocenters. The summed E-state index contributed by atoms with van der Waals surface area (Å²) in [6.45, 7) is 1.11. The summed E-state index contributed by atoms with van der Waals surface area (Å²) in [5.41, 5.74) is 3.85. The van der Waals surface area contributed by atoms with E-state index in [2.05, 4.69) is 30.1 Å². The van der Waals surface area contributed by atoms with Gasteiger partial charge in [0.05, 0.1) is 6.10 Å². The SMILES string of the molecule is CN1CCc2cc(C(O)C3CC3)ccc21. The molecule has 0 spiro atoms. The minimum Gasteiger partial charge on any atom is -0.388 e. The zero-order valence-corrected chi connectivity index (χ0v) is 9.11. The summed E-state index contributed by atoms with van der Waals surface area (Å²) in [4.78, 5) is 2.28. The van der Waals surface area contributed by atoms with Crippen LogP contribution in [0, 0.1) is 5.92 Å². The molecule has 1 aromatic carbocycles. The van der Waals surface area contributed by atoms with Crippen LogP contribution in [-0.2, 0) is 6.42 Å². The molecule has 15 heavy (non-hydrogen) atoms. The Morgan fingerprint density at radius 2 is 2.20 bits per heavy atom. The maximum absolute atomic E-state index is 10.0. The first-order valence-corrected chi connectivity index (χ1v) is 5.78. The smallest absolute Gasteiger partial charge is 0.0818 e. The van der Waals surface area contributed by atoms with Crippen LogP contribution in [0.2, 0.25) is 0 Å². The van der Waals surface area contributed by atoms with Gasteiger partial charge in [-0.25, -0.2) is 0 Å². The van der Waals surface area contributed by atoms with E-state index < -0.39 is 0 Å². The number of nitrogens with zero attached hydrogens (tertiary/aromatic N) is 1. The van der Waals surface area contributed by atoms with Gasteiger partial charge in [0.2, 0.25) is 0 Å². The molecule has 0 radical (unpaired) electrons. The fourth-order valence-corrected chi connectivity index (χ4v) is 2.45. The number of hydrogen-bond acceptors (Lipinski definition) is 2. The first-order chi connectivity index (χ1) is 7.25. The Balaban J connectivity index is 1.91. The number of anilines is 1. The predicted molar refractivity (Wildman–Crippen MR) is 61.1 cm³/mol. The topological polar surface area (TPSA) is 23.5 Å². The number of aliphatic hydroxyl groups excluding tert-OH is 1. The van der Waals surface area contributed by atoms with Gasteiger partial charge in [-0.05, 0) is 42.4 Å². The van der Waals surface area contributed by atoms with E-state index in [0.717, 1.165) is 18.5 Å². The van der Waals surface area contributed by atoms with Crippen molar-refractivity contribution in [3.05, 3.63) is 29.3 Å². The quantitative estimate of drug-likeness (QED) is 0.796. The first kappa shape index (κ1) is 9.22. The number of likely N-dealkylation sites (N-methyl/N-ethyl adjacent to an activating group) is 1. The van der Waals surface area contributed by atoms with Crippen molar-refractivity contribution < 1.29 is 5.11 Å². The van der Waals surface area contributed by atoms with Crippen molar-refractivity contribution in [2.75, 3.05) is 18.5 Å². The van der Waals surface area contributed by atoms with E-state index in [-0.39, 0.29) is 6.10 Å². The zero-order chi connectivity index (χ0) is 10.4. The average Bonchev–Trinajstić information content (AvgIpc) is 3.03. The van der Waals surface area contributed by atoms with Gasteiger partial charge in [0.25, 0.3) is 0 Å². The second-order valence-electron chi connectivity index (χ2n) is 4.84. The van der Waals surface area contributed by atoms with Gasteiger partial charge in [0.1, 0.15) is 0 Å². The van der Waals surface area contributed by atoms with Gasteiger partial charge in [0.15, 0.2) is 0 Å². The van der Waals surface area contributed by atoms with Crippen LogP contribution in [0.3, 0.4) is 0 Å². The van der Waals surface area contributed by atoms with Crippen molar-refractivity contribution in [2.45, 2.75) is 25.4 Å². The molecule has 0 saturated heterocycles. The van der Waals surface area contributed by atoms with E-state index in [4.69, 9.17) is 0 Å².